The van der Waals surface area contributed by atoms with E-state index in [2.05, 4.69) is 41.5 Å². The average molecular weight is 787 g/mol. The summed E-state index contributed by atoms with van der Waals surface area (Å²) in [5.74, 6) is 1.10. The Morgan fingerprint density at radius 3 is 1.55 bits per heavy atom. The van der Waals surface area contributed by atoms with Gasteiger partial charge in [0.25, 0.3) is 0 Å². The van der Waals surface area contributed by atoms with Crippen LogP contribution in [0.4, 0.5) is 13.2 Å². The Balaban J connectivity index is 0.000000214. The van der Waals surface area contributed by atoms with Gasteiger partial charge in [-0.3, -0.25) is 9.59 Å². The van der Waals surface area contributed by atoms with E-state index in [1.165, 1.54) is 20.5 Å². The molecule has 0 spiro atoms. The van der Waals surface area contributed by atoms with Gasteiger partial charge in [0, 0.05) is 62.4 Å². The second kappa shape index (κ2) is 16.5. The zero-order chi connectivity index (χ0) is 40.9. The highest BCUT2D eigenvalue weighted by Gasteiger charge is 2.69. The van der Waals surface area contributed by atoms with Crippen LogP contribution >= 0.6 is 0 Å². The second-order valence-electron chi connectivity index (χ2n) is 19.7. The molecule has 6 rings (SSSR count). The third kappa shape index (κ3) is 7.42. The fraction of sp³-hybridized carbons (Fsp3) is 0.955. The van der Waals surface area contributed by atoms with E-state index in [-0.39, 0.29) is 77.2 Å². The van der Waals surface area contributed by atoms with Crippen LogP contribution < -0.4 is 0 Å². The maximum atomic E-state index is 13.7. The minimum atomic E-state index is -4.42. The summed E-state index contributed by atoms with van der Waals surface area (Å²) in [6.45, 7) is 17.0. The van der Waals surface area contributed by atoms with Gasteiger partial charge < -0.3 is 28.4 Å². The molecular weight excluding hydrogens is 713 g/mol. The lowest BCUT2D eigenvalue weighted by atomic mass is 9.43. The van der Waals surface area contributed by atoms with Crippen LogP contribution in [0.25, 0.3) is 0 Å². The summed E-state index contributed by atoms with van der Waals surface area (Å²) in [7, 11) is 6.73. The predicted octanol–water partition coefficient (Wildman–Crippen LogP) is 9.46. The molecule has 8 nitrogen and oxygen atoms in total. The minimum Gasteiger partial charge on any atom is -0.381 e. The molecule has 6 unspecified atom stereocenters. The largest absolute Gasteiger partial charge is 0.390 e. The van der Waals surface area contributed by atoms with Crippen molar-refractivity contribution in [2.75, 3.05) is 42.0 Å². The summed E-state index contributed by atoms with van der Waals surface area (Å²) in [6.07, 6.45) is 2.93. The van der Waals surface area contributed by atoms with Gasteiger partial charge in [-0.1, -0.05) is 55.4 Å². The number of carbonyl (C=O) groups is 2. The van der Waals surface area contributed by atoms with Gasteiger partial charge in [-0.05, 0) is 98.7 Å². The summed E-state index contributed by atoms with van der Waals surface area (Å²) in [4.78, 5) is 26.9. The molecule has 16 atom stereocenters. The van der Waals surface area contributed by atoms with E-state index in [0.29, 0.717) is 24.4 Å². The molecule has 0 heterocycles. The van der Waals surface area contributed by atoms with Gasteiger partial charge in [-0.15, -0.1) is 0 Å². The highest BCUT2D eigenvalue weighted by atomic mass is 19.4. The van der Waals surface area contributed by atoms with Crippen LogP contribution in [0.15, 0.2) is 0 Å². The number of methoxy groups -OCH3 is 4. The predicted molar refractivity (Wildman–Crippen MR) is 204 cm³/mol. The molecule has 6 fully saturated rings. The number of hydrogen-bond donors (Lipinski definition) is 0. The number of rotatable bonds is 9. The molecule has 318 valence electrons. The summed E-state index contributed by atoms with van der Waals surface area (Å²) in [5, 5.41) is 0. The highest BCUT2D eigenvalue weighted by molar-refractivity contribution is 5.87. The van der Waals surface area contributed by atoms with Crippen LogP contribution in [-0.4, -0.2) is 84.2 Å². The molecule has 0 aromatic heterocycles. The monoisotopic (exact) mass is 787 g/mol. The molecular formula is C44H73F3O8. The zero-order valence-electron chi connectivity index (χ0n) is 35.9. The maximum Gasteiger partial charge on any atom is 0.390 e. The smallest absolute Gasteiger partial charge is 0.381 e. The van der Waals surface area contributed by atoms with Crippen molar-refractivity contribution < 1.29 is 51.2 Å². The summed E-state index contributed by atoms with van der Waals surface area (Å²) >= 11 is 0. The van der Waals surface area contributed by atoms with E-state index in [1.54, 1.807) is 14.2 Å². The Labute approximate surface area is 329 Å². The SMILES string of the molecule is COCOC1C[C@@](C)(CC(F)(F)F)C(=O)[C@H](C)C23CC[C@@H](C)[C@]1(C)C2[C@H](OC)CC3.COCOC1C[C@H](C)C(=O)[C@H](C)C23CC[C@@H](C)[C@]1(C)C2[C@H](OC)CC3. The van der Waals surface area contributed by atoms with E-state index in [4.69, 9.17) is 28.4 Å². The lowest BCUT2D eigenvalue weighted by Crippen LogP contribution is -2.63. The molecule has 0 saturated heterocycles. The Morgan fingerprint density at radius 1 is 0.655 bits per heavy atom. The standard InChI is InChI=1S/C23H37F3O4.C21H36O4/c1-14-7-9-22-10-8-16(29-6)18(22)21(14,4)17(30-13-28-5)11-20(3,12-23(24,25)26)19(27)15(22)2;1-13-11-17(25-12-23-5)20(4)14(2)7-9-21(15(3)18(13)22)10-8-16(24-6)19(20)21/h14-18H,7-13H2,1-6H3;13-17,19H,7-12H2,1-6H3/t14-,15+,16-,17?,18?,20+,21+,22?;13-,14+,15-,16+,17?,19?,20-,21?/m10/s1. The number of Topliss-reactive ketones (excluding diaryl/α,β-unsaturated/α-hetero) is 2. The van der Waals surface area contributed by atoms with Crippen LogP contribution in [0.3, 0.4) is 0 Å². The Morgan fingerprint density at radius 2 is 1.09 bits per heavy atom. The first-order chi connectivity index (χ1) is 25.7. The fourth-order valence-electron chi connectivity index (χ4n) is 14.3. The van der Waals surface area contributed by atoms with Gasteiger partial charge in [0.15, 0.2) is 0 Å². The Bertz CT molecular complexity index is 1360. The molecule has 6 aliphatic carbocycles. The number of ketones is 2. The summed E-state index contributed by atoms with van der Waals surface area (Å²) < 4.78 is 75.5. The van der Waals surface area contributed by atoms with Crippen molar-refractivity contribution in [2.45, 2.75) is 157 Å². The van der Waals surface area contributed by atoms with E-state index in [1.807, 2.05) is 14.0 Å². The molecule has 4 bridgehead atoms. The van der Waals surface area contributed by atoms with Crippen molar-refractivity contribution >= 4 is 11.6 Å². The van der Waals surface area contributed by atoms with E-state index < -0.39 is 35.4 Å². The number of ether oxygens (including phenoxy) is 6. The molecule has 0 aromatic rings. The van der Waals surface area contributed by atoms with Gasteiger partial charge in [0.1, 0.15) is 25.2 Å². The van der Waals surface area contributed by atoms with E-state index >= 15 is 0 Å². The Kier molecular flexibility index (Phi) is 13.5. The van der Waals surface area contributed by atoms with Crippen LogP contribution in [0.1, 0.15) is 126 Å². The molecule has 55 heavy (non-hydrogen) atoms. The molecule has 0 aromatic carbocycles. The molecule has 6 saturated carbocycles. The third-order valence-electron chi connectivity index (χ3n) is 17.5. The minimum absolute atomic E-state index is 0.00378. The van der Waals surface area contributed by atoms with Crippen LogP contribution in [0, 0.1) is 68.5 Å². The van der Waals surface area contributed by atoms with Crippen molar-refractivity contribution in [3.8, 4) is 0 Å². The van der Waals surface area contributed by atoms with Gasteiger partial charge in [-0.25, -0.2) is 0 Å². The summed E-state index contributed by atoms with van der Waals surface area (Å²) in [6, 6.07) is 0. The van der Waals surface area contributed by atoms with Crippen molar-refractivity contribution in [1.82, 2.24) is 0 Å². The molecule has 0 N–H and O–H groups in total. The molecule has 11 heteroatoms. The third-order valence-corrected chi connectivity index (χ3v) is 17.5. The first kappa shape index (κ1) is 45.0. The topological polar surface area (TPSA) is 89.5 Å². The first-order valence-corrected chi connectivity index (χ1v) is 21.1. The second-order valence-corrected chi connectivity index (χ2v) is 19.7. The quantitative estimate of drug-likeness (QED) is 0.214. The summed E-state index contributed by atoms with van der Waals surface area (Å²) in [5.41, 5.74) is -2.19. The van der Waals surface area contributed by atoms with E-state index in [0.717, 1.165) is 51.4 Å². The molecule has 0 radical (unpaired) electrons. The number of hydrogen-bond acceptors (Lipinski definition) is 8. The van der Waals surface area contributed by atoms with Crippen molar-refractivity contribution in [2.24, 2.45) is 68.5 Å². The van der Waals surface area contributed by atoms with Crippen molar-refractivity contribution in [1.29, 1.82) is 0 Å². The van der Waals surface area contributed by atoms with Crippen molar-refractivity contribution in [3.63, 3.8) is 0 Å². The fourth-order valence-corrected chi connectivity index (χ4v) is 14.3. The number of alkyl halides is 3. The number of halogens is 3. The van der Waals surface area contributed by atoms with Gasteiger partial charge >= 0.3 is 6.18 Å². The average Bonchev–Trinajstić information content (AvgIpc) is 3.73. The zero-order valence-corrected chi connectivity index (χ0v) is 35.9. The lowest BCUT2D eigenvalue weighted by molar-refractivity contribution is -0.229. The molecule has 0 aliphatic heterocycles. The lowest BCUT2D eigenvalue weighted by Gasteiger charge is -2.62. The normalized spacial score (nSPS) is 48.5. The van der Waals surface area contributed by atoms with Crippen molar-refractivity contribution in [3.05, 3.63) is 0 Å². The molecule has 0 amide bonds. The van der Waals surface area contributed by atoms with Gasteiger partial charge in [-0.2, -0.15) is 13.2 Å². The van der Waals surface area contributed by atoms with Crippen LogP contribution in [0.2, 0.25) is 0 Å². The number of carbonyl (C=O) groups excluding carboxylic acids is 2. The van der Waals surface area contributed by atoms with Crippen LogP contribution in [-0.2, 0) is 38.0 Å². The van der Waals surface area contributed by atoms with Crippen LogP contribution in [0.5, 0.6) is 0 Å². The van der Waals surface area contributed by atoms with Gasteiger partial charge in [0.2, 0.25) is 0 Å². The maximum absolute atomic E-state index is 13.7. The molecule has 6 aliphatic rings. The Hall–Kier alpha value is -1.11. The highest BCUT2D eigenvalue weighted by Crippen LogP contribution is 2.70. The van der Waals surface area contributed by atoms with E-state index in [9.17, 15) is 22.8 Å². The van der Waals surface area contributed by atoms with Gasteiger partial charge in [0.05, 0.1) is 30.8 Å². The first-order valence-electron chi connectivity index (χ1n) is 21.1.